The summed E-state index contributed by atoms with van der Waals surface area (Å²) in [6.45, 7) is 6.63. The number of carbonyl (C=O) groups excluding carboxylic acids is 5. The van der Waals surface area contributed by atoms with Gasteiger partial charge in [0.2, 0.25) is 21.8 Å². The molecule has 0 radical (unpaired) electrons. The van der Waals surface area contributed by atoms with E-state index in [0.29, 0.717) is 36.8 Å². The molecule has 0 aromatic heterocycles. The van der Waals surface area contributed by atoms with Crippen LogP contribution in [0.5, 0.6) is 0 Å². The molecule has 5 atom stereocenters. The molecule has 0 spiro atoms. The molecule has 14 nitrogen and oxygen atoms in total. The van der Waals surface area contributed by atoms with Crippen molar-refractivity contribution < 1.29 is 46.3 Å². The van der Waals surface area contributed by atoms with Gasteiger partial charge in [0.25, 0.3) is 5.91 Å². The Bertz CT molecular complexity index is 1730. The first-order valence-corrected chi connectivity index (χ1v) is 19.8. The van der Waals surface area contributed by atoms with Crippen LogP contribution in [0.25, 0.3) is 0 Å². The molecule has 2 saturated heterocycles. The molecule has 1 aromatic rings. The summed E-state index contributed by atoms with van der Waals surface area (Å²) < 4.78 is 53.0. The van der Waals surface area contributed by atoms with Gasteiger partial charge in [0, 0.05) is 18.5 Å². The molecule has 2 aliphatic carbocycles. The molecule has 6 rings (SSSR count). The van der Waals surface area contributed by atoms with Gasteiger partial charge in [-0.2, -0.15) is 0 Å². The number of hydrogen-bond acceptors (Lipinski definition) is 9. The van der Waals surface area contributed by atoms with Crippen molar-refractivity contribution in [3.8, 4) is 0 Å². The quantitative estimate of drug-likeness (QED) is 0.404. The fourth-order valence-electron chi connectivity index (χ4n) is 7.53. The molecule has 16 heteroatoms. The Hall–Kier alpha value is -3.95. The van der Waals surface area contributed by atoms with Gasteiger partial charge in [-0.3, -0.25) is 24.0 Å². The highest BCUT2D eigenvalue weighted by Crippen LogP contribution is 2.49. The van der Waals surface area contributed by atoms with Crippen molar-refractivity contribution in [1.82, 2.24) is 25.2 Å². The van der Waals surface area contributed by atoms with Crippen molar-refractivity contribution in [3.63, 3.8) is 0 Å². The van der Waals surface area contributed by atoms with Gasteiger partial charge in [0.05, 0.1) is 17.8 Å². The highest BCUT2D eigenvalue weighted by atomic mass is 32.2. The van der Waals surface area contributed by atoms with Gasteiger partial charge in [-0.05, 0) is 77.3 Å². The molecular weight excluding hydrogens is 697 g/mol. The number of nitrogens with zero attached hydrogens (tertiary/aromatic N) is 2. The molecular formula is C36H50FN5O9S. The number of sulfonamides is 1. The minimum atomic E-state index is -3.99. The Morgan fingerprint density at radius 1 is 1.02 bits per heavy atom. The van der Waals surface area contributed by atoms with E-state index in [4.69, 9.17) is 9.47 Å². The third-order valence-electron chi connectivity index (χ3n) is 11.0. The van der Waals surface area contributed by atoms with Crippen LogP contribution in [0.1, 0.15) is 109 Å². The Labute approximate surface area is 303 Å². The zero-order chi connectivity index (χ0) is 37.6. The summed E-state index contributed by atoms with van der Waals surface area (Å²) in [4.78, 5) is 71.2. The van der Waals surface area contributed by atoms with Crippen molar-refractivity contribution in [2.45, 2.75) is 145 Å². The topological polar surface area (TPSA) is 181 Å². The number of rotatable bonds is 5. The Morgan fingerprint density at radius 3 is 2.38 bits per heavy atom. The molecule has 3 heterocycles. The lowest BCUT2D eigenvalue weighted by Crippen LogP contribution is -2.58. The second kappa shape index (κ2) is 14.1. The summed E-state index contributed by atoms with van der Waals surface area (Å²) in [7, 11) is -3.99. The first kappa shape index (κ1) is 37.8. The first-order valence-electron chi connectivity index (χ1n) is 18.3. The summed E-state index contributed by atoms with van der Waals surface area (Å²) in [5.74, 6) is -2.80. The second-order valence-corrected chi connectivity index (χ2v) is 18.5. The van der Waals surface area contributed by atoms with Crippen molar-refractivity contribution in [3.05, 3.63) is 35.1 Å². The second-order valence-electron chi connectivity index (χ2n) is 16.3. The third kappa shape index (κ3) is 8.01. The maximum atomic E-state index is 14.4. The molecule has 2 saturated carbocycles. The van der Waals surface area contributed by atoms with Crippen LogP contribution < -0.4 is 15.4 Å². The van der Waals surface area contributed by atoms with Crippen molar-refractivity contribution in [2.24, 2.45) is 5.92 Å². The van der Waals surface area contributed by atoms with Crippen molar-refractivity contribution >= 4 is 39.9 Å². The number of fused-ring (bicyclic) bond motifs is 3. The zero-order valence-corrected chi connectivity index (χ0v) is 31.1. The number of amides is 5. The van der Waals surface area contributed by atoms with Gasteiger partial charge in [-0.1, -0.05) is 44.2 Å². The Morgan fingerprint density at radius 2 is 1.71 bits per heavy atom. The van der Waals surface area contributed by atoms with Crippen LogP contribution in [-0.2, 0) is 47.0 Å². The molecule has 286 valence electrons. The van der Waals surface area contributed by atoms with Crippen molar-refractivity contribution in [1.29, 1.82) is 0 Å². The van der Waals surface area contributed by atoms with Crippen LogP contribution in [0.3, 0.4) is 0 Å². The summed E-state index contributed by atoms with van der Waals surface area (Å²) in [6, 6.07) is 2.34. The van der Waals surface area contributed by atoms with Crippen LogP contribution in [0, 0.1) is 11.7 Å². The molecule has 3 aliphatic heterocycles. The van der Waals surface area contributed by atoms with Crippen LogP contribution in [0.15, 0.2) is 18.2 Å². The van der Waals surface area contributed by atoms with E-state index >= 15 is 0 Å². The summed E-state index contributed by atoms with van der Waals surface area (Å²) >= 11 is 0. The highest BCUT2D eigenvalue weighted by molar-refractivity contribution is 7.91. The first-order chi connectivity index (χ1) is 24.4. The van der Waals surface area contributed by atoms with E-state index in [1.54, 1.807) is 39.8 Å². The normalized spacial score (nSPS) is 28.9. The predicted octanol–water partition coefficient (Wildman–Crippen LogP) is 3.76. The molecule has 0 unspecified atom stereocenters. The van der Waals surface area contributed by atoms with Gasteiger partial charge >= 0.3 is 12.2 Å². The van der Waals surface area contributed by atoms with Crippen LogP contribution in [0.4, 0.5) is 14.0 Å². The van der Waals surface area contributed by atoms with Crippen molar-refractivity contribution in [2.75, 3.05) is 6.54 Å². The number of alkyl carbamates (subject to hydrolysis) is 1. The van der Waals surface area contributed by atoms with Gasteiger partial charge in [-0.25, -0.2) is 22.4 Å². The smallest absolute Gasteiger partial charge is 0.410 e. The standard InChI is InChI=1S/C36H50FN5O9S/c1-34(2,3)51-32(46)38-27-14-9-7-5-6-8-12-23-18-36(23,31(45)40-52(48,49)35(4)15-16-35)39-29(43)28-17-24(20-42(28)30(27)44)50-33(47)41-19-22-11-10-13-26(37)25(22)21-41/h10-11,13,23-24,27-28H,5-9,12,14-21H2,1-4H3,(H,38,46)(H,39,43)(H,40,45)/t23-,24-,27+,28+,36-/m1/s1. The molecule has 3 N–H and O–H groups in total. The lowest BCUT2D eigenvalue weighted by atomic mass is 10.0. The van der Waals surface area contributed by atoms with E-state index in [1.165, 1.54) is 15.9 Å². The fraction of sp³-hybridized carbons (Fsp3) is 0.694. The average Bonchev–Trinajstić information content (AvgIpc) is 3.84. The van der Waals surface area contributed by atoms with Gasteiger partial charge in [0.15, 0.2) is 0 Å². The Kier molecular flexibility index (Phi) is 10.3. The summed E-state index contributed by atoms with van der Waals surface area (Å²) in [6.07, 6.45) is 3.18. The summed E-state index contributed by atoms with van der Waals surface area (Å²) in [5, 5.41) is 5.53. The average molecular weight is 748 g/mol. The number of benzene rings is 1. The monoisotopic (exact) mass is 747 g/mol. The summed E-state index contributed by atoms with van der Waals surface area (Å²) in [5.41, 5.74) is -1.27. The molecule has 5 aliphatic rings. The predicted molar refractivity (Wildman–Crippen MR) is 185 cm³/mol. The van der Waals surface area contributed by atoms with E-state index in [2.05, 4.69) is 15.4 Å². The van der Waals surface area contributed by atoms with Crippen LogP contribution >= 0.6 is 0 Å². The largest absolute Gasteiger partial charge is 0.444 e. The molecule has 4 fully saturated rings. The number of nitrogens with one attached hydrogen (secondary N) is 3. The van der Waals surface area contributed by atoms with E-state index in [0.717, 1.165) is 25.7 Å². The maximum Gasteiger partial charge on any atom is 0.410 e. The van der Waals surface area contributed by atoms with Crippen LogP contribution in [0.2, 0.25) is 0 Å². The molecule has 0 bridgehead atoms. The number of halogens is 1. The minimum Gasteiger partial charge on any atom is -0.444 e. The SMILES string of the molecule is CC(C)(C)OC(=O)N[C@H]1CCCCCCC[C@@H]2C[C@@]2(C(=O)NS(=O)(=O)C2(C)CC2)NC(=O)[C@@H]2C[C@@H](OC(=O)N3Cc4cccc(F)c4C3)CN2C1=O. The fourth-order valence-corrected chi connectivity index (χ4v) is 8.84. The number of hydrogen-bond donors (Lipinski definition) is 3. The van der Waals surface area contributed by atoms with E-state index in [9.17, 15) is 36.8 Å². The molecule has 1 aromatic carbocycles. The van der Waals surface area contributed by atoms with Gasteiger partial charge in [-0.15, -0.1) is 0 Å². The van der Waals surface area contributed by atoms with Crippen LogP contribution in [-0.4, -0.2) is 88.7 Å². The minimum absolute atomic E-state index is 0.00295. The lowest BCUT2D eigenvalue weighted by Gasteiger charge is -2.30. The van der Waals surface area contributed by atoms with Gasteiger partial charge in [0.1, 0.15) is 35.1 Å². The maximum absolute atomic E-state index is 14.4. The number of carbonyl (C=O) groups is 5. The molecule has 52 heavy (non-hydrogen) atoms. The third-order valence-corrected chi connectivity index (χ3v) is 13.2. The lowest BCUT2D eigenvalue weighted by molar-refractivity contribution is -0.141. The Balaban J connectivity index is 1.25. The number of ether oxygens (including phenoxy) is 2. The highest BCUT2D eigenvalue weighted by Gasteiger charge is 2.63. The van der Waals surface area contributed by atoms with E-state index in [1.807, 2.05) is 0 Å². The van der Waals surface area contributed by atoms with Gasteiger partial charge < -0.3 is 25.0 Å². The zero-order valence-electron chi connectivity index (χ0n) is 30.3. The van der Waals surface area contributed by atoms with E-state index < -0.39 is 79.8 Å². The van der Waals surface area contributed by atoms with E-state index in [-0.39, 0.29) is 44.8 Å². The molecule has 5 amide bonds.